The summed E-state index contributed by atoms with van der Waals surface area (Å²) in [6.07, 6.45) is 0. The van der Waals surface area contributed by atoms with Crippen LogP contribution in [0.1, 0.15) is 27.7 Å². The Kier molecular flexibility index (Phi) is 3.75. The van der Waals surface area contributed by atoms with Crippen LogP contribution in [0.15, 0.2) is 22.3 Å². The third-order valence-corrected chi connectivity index (χ3v) is 6.03. The van der Waals surface area contributed by atoms with E-state index >= 15 is 0 Å². The van der Waals surface area contributed by atoms with Crippen LogP contribution in [0.25, 0.3) is 0 Å². The standard InChI is InChI=1S/C10H15.2CH3.Zr/c1-6-7(2)9(4)10(5)8(6)3;;;/h7H,1H2,2-5H3;2*1H3;. The molecule has 0 aromatic carbocycles. The molecule has 0 radical (unpaired) electrons. The van der Waals surface area contributed by atoms with Crippen LogP contribution in [0.3, 0.4) is 0 Å². The van der Waals surface area contributed by atoms with E-state index in [9.17, 15) is 0 Å². The number of allylic oxidation sites excluding steroid dienone is 4. The fourth-order valence-electron chi connectivity index (χ4n) is 2.11. The predicted molar refractivity (Wildman–Crippen MR) is 56.8 cm³/mol. The monoisotopic (exact) mass is 255 g/mol. The van der Waals surface area contributed by atoms with Gasteiger partial charge in [-0.3, -0.25) is 0 Å². The van der Waals surface area contributed by atoms with Crippen LogP contribution in [-0.4, -0.2) is 0 Å². The molecule has 1 aliphatic rings. The van der Waals surface area contributed by atoms with Crippen LogP contribution in [0.4, 0.5) is 0 Å². The van der Waals surface area contributed by atoms with Crippen LogP contribution in [-0.2, 0) is 21.8 Å². The molecule has 0 aromatic heterocycles. The first-order valence-corrected chi connectivity index (χ1v) is 11.8. The van der Waals surface area contributed by atoms with Crippen molar-refractivity contribution >= 4 is 0 Å². The summed E-state index contributed by atoms with van der Waals surface area (Å²) in [5.74, 6) is 0.746. The van der Waals surface area contributed by atoms with Gasteiger partial charge in [-0.2, -0.15) is 0 Å². The minimum atomic E-state index is -0.949. The van der Waals surface area contributed by atoms with Gasteiger partial charge < -0.3 is 0 Å². The second-order valence-electron chi connectivity index (χ2n) is 4.56. The summed E-state index contributed by atoms with van der Waals surface area (Å²) in [7, 11) is 0. The Morgan fingerprint density at radius 2 is 1.62 bits per heavy atom. The Balaban J connectivity index is 2.90. The summed E-state index contributed by atoms with van der Waals surface area (Å²) in [6.45, 7) is 9.26. The zero-order valence-corrected chi connectivity index (χ0v) is 12.2. The second kappa shape index (κ2) is 4.26. The van der Waals surface area contributed by atoms with Gasteiger partial charge in [-0.1, -0.05) is 0 Å². The number of hydrogen-bond donors (Lipinski definition) is 0. The van der Waals surface area contributed by atoms with Crippen LogP contribution in [0.5, 0.6) is 0 Å². The molecule has 1 aliphatic carbocycles. The molecule has 0 bridgehead atoms. The van der Waals surface area contributed by atoms with Crippen molar-refractivity contribution in [2.24, 2.45) is 5.92 Å². The van der Waals surface area contributed by atoms with Crippen molar-refractivity contribution in [3.63, 3.8) is 0 Å². The van der Waals surface area contributed by atoms with Crippen molar-refractivity contribution in [2.45, 2.75) is 41.1 Å². The summed E-state index contributed by atoms with van der Waals surface area (Å²) in [6, 6.07) is 0. The van der Waals surface area contributed by atoms with Gasteiger partial charge in [-0.15, -0.1) is 0 Å². The maximum absolute atomic E-state index is 2.50. The zero-order valence-electron chi connectivity index (χ0n) is 9.78. The van der Waals surface area contributed by atoms with Crippen molar-refractivity contribution in [1.29, 1.82) is 0 Å². The fourth-order valence-corrected chi connectivity index (χ4v) is 5.39. The molecule has 0 aliphatic heterocycles. The van der Waals surface area contributed by atoms with Gasteiger partial charge in [0.2, 0.25) is 0 Å². The molecule has 13 heavy (non-hydrogen) atoms. The molecule has 0 nitrogen and oxygen atoms in total. The summed E-state index contributed by atoms with van der Waals surface area (Å²) in [5, 5.41) is 0. The molecule has 0 aromatic rings. The molecule has 0 spiro atoms. The van der Waals surface area contributed by atoms with E-state index in [2.05, 4.69) is 37.0 Å². The molecule has 73 valence electrons. The van der Waals surface area contributed by atoms with E-state index in [4.69, 9.17) is 0 Å². The minimum absolute atomic E-state index is 0.746. The fraction of sp³-hybridized carbons (Fsp3) is 0.667. The second-order valence-corrected chi connectivity index (χ2v) is 11.4. The predicted octanol–water partition coefficient (Wildman–Crippen LogP) is 4.42. The topological polar surface area (TPSA) is 0 Å². The van der Waals surface area contributed by atoms with Crippen molar-refractivity contribution in [1.82, 2.24) is 0 Å². The van der Waals surface area contributed by atoms with E-state index in [-0.39, 0.29) is 0 Å². The van der Waals surface area contributed by atoms with E-state index in [1.165, 1.54) is 4.13 Å². The Hall–Kier alpha value is 0.363. The molecule has 1 heteroatoms. The molecule has 0 fully saturated rings. The van der Waals surface area contributed by atoms with Gasteiger partial charge in [0.15, 0.2) is 0 Å². The van der Waals surface area contributed by atoms with Crippen molar-refractivity contribution < 1.29 is 21.8 Å². The molecule has 0 saturated heterocycles. The molecule has 1 rings (SSSR count). The Morgan fingerprint density at radius 1 is 1.08 bits per heavy atom. The Labute approximate surface area is 90.8 Å². The molecule has 1 unspecified atom stereocenters. The van der Waals surface area contributed by atoms with Crippen molar-refractivity contribution in [3.05, 3.63) is 22.3 Å². The summed E-state index contributed by atoms with van der Waals surface area (Å²) < 4.78 is 6.46. The van der Waals surface area contributed by atoms with E-state index in [0.717, 1.165) is 5.92 Å². The first-order valence-electron chi connectivity index (χ1n) is 5.11. The van der Waals surface area contributed by atoms with Gasteiger partial charge >= 0.3 is 91.0 Å². The average molecular weight is 257 g/mol. The third kappa shape index (κ3) is 2.24. The van der Waals surface area contributed by atoms with Gasteiger partial charge in [-0.05, 0) is 0 Å². The van der Waals surface area contributed by atoms with Gasteiger partial charge in [0, 0.05) is 0 Å². The van der Waals surface area contributed by atoms with Gasteiger partial charge in [0.25, 0.3) is 0 Å². The maximum atomic E-state index is 2.50. The van der Waals surface area contributed by atoms with Crippen LogP contribution >= 0.6 is 0 Å². The van der Waals surface area contributed by atoms with E-state index in [0.29, 0.717) is 0 Å². The first kappa shape index (κ1) is 11.4. The first-order chi connectivity index (χ1) is 5.95. The Morgan fingerprint density at radius 3 is 1.92 bits per heavy atom. The van der Waals surface area contributed by atoms with Crippen molar-refractivity contribution in [2.75, 3.05) is 0 Å². The quantitative estimate of drug-likeness (QED) is 0.686. The van der Waals surface area contributed by atoms with Gasteiger partial charge in [-0.25, -0.2) is 0 Å². The van der Waals surface area contributed by atoms with Gasteiger partial charge in [0.1, 0.15) is 0 Å². The van der Waals surface area contributed by atoms with Crippen LogP contribution in [0.2, 0.25) is 13.4 Å². The summed E-state index contributed by atoms with van der Waals surface area (Å²) >= 11 is -0.949. The average Bonchev–Trinajstić information content (AvgIpc) is 2.22. The molecular weight excluding hydrogens is 235 g/mol. The normalized spacial score (nSPS) is 23.1. The summed E-state index contributed by atoms with van der Waals surface area (Å²) in [4.78, 5) is 0. The zero-order chi connectivity index (χ0) is 10.2. The van der Waals surface area contributed by atoms with Crippen LogP contribution < -0.4 is 0 Å². The molecule has 0 amide bonds. The molecule has 0 heterocycles. The van der Waals surface area contributed by atoms with Crippen LogP contribution in [0, 0.1) is 5.92 Å². The van der Waals surface area contributed by atoms with E-state index in [1.807, 2.05) is 0 Å². The van der Waals surface area contributed by atoms with E-state index in [1.54, 1.807) is 22.3 Å². The van der Waals surface area contributed by atoms with E-state index < -0.39 is 21.8 Å². The van der Waals surface area contributed by atoms with Gasteiger partial charge in [0.05, 0.1) is 0 Å². The van der Waals surface area contributed by atoms with Crippen molar-refractivity contribution in [3.8, 4) is 0 Å². The number of hydrogen-bond acceptors (Lipinski definition) is 0. The molecule has 1 atom stereocenters. The Bertz CT molecular complexity index is 269. The summed E-state index contributed by atoms with van der Waals surface area (Å²) in [5.41, 5.74) is 6.53. The molecule has 0 N–H and O–H groups in total. The molecule has 0 saturated carbocycles. The SMILES string of the molecule is CC1=C(C)C(C)C([CH2][Zr]([CH3])[CH3])=C1C. The molecular formula is C12H21Zr. The number of rotatable bonds is 2. The third-order valence-electron chi connectivity index (χ3n) is 3.35.